The van der Waals surface area contributed by atoms with Gasteiger partial charge < -0.3 is 14.3 Å². The van der Waals surface area contributed by atoms with Gasteiger partial charge in [-0.25, -0.2) is 0 Å². The maximum Gasteiger partial charge on any atom is 0.246 e. The van der Waals surface area contributed by atoms with E-state index in [1.54, 1.807) is 16.0 Å². The predicted octanol–water partition coefficient (Wildman–Crippen LogP) is 1.86. The molecule has 0 radical (unpaired) electrons. The largest absolute Gasteiger partial charge is 0.342 e. The van der Waals surface area contributed by atoms with E-state index in [0.29, 0.717) is 63.6 Å². The maximum atomic E-state index is 13.0. The minimum Gasteiger partial charge on any atom is -0.342 e. The number of aryl methyl sites for hydroxylation is 1. The molecular formula is C20H27N5O3. The molecule has 0 aliphatic carbocycles. The van der Waals surface area contributed by atoms with Crippen LogP contribution >= 0.6 is 0 Å². The van der Waals surface area contributed by atoms with Crippen molar-refractivity contribution in [2.24, 2.45) is 5.92 Å². The van der Waals surface area contributed by atoms with Gasteiger partial charge in [0.2, 0.25) is 17.7 Å². The Labute approximate surface area is 164 Å². The zero-order valence-corrected chi connectivity index (χ0v) is 16.5. The predicted molar refractivity (Wildman–Crippen MR) is 102 cm³/mol. The number of carbonyl (C=O) groups is 2. The number of amides is 2. The van der Waals surface area contributed by atoms with Gasteiger partial charge in [0.15, 0.2) is 5.82 Å². The number of rotatable bonds is 8. The van der Waals surface area contributed by atoms with Gasteiger partial charge in [0.1, 0.15) is 0 Å². The molecule has 0 aromatic carbocycles. The Hall–Kier alpha value is -2.77. The van der Waals surface area contributed by atoms with Gasteiger partial charge in [0.25, 0.3) is 0 Å². The highest BCUT2D eigenvalue weighted by Gasteiger charge is 2.32. The summed E-state index contributed by atoms with van der Waals surface area (Å²) in [5.74, 6) is 1.03. The topological polar surface area (TPSA) is 92.4 Å². The summed E-state index contributed by atoms with van der Waals surface area (Å²) in [6.07, 6.45) is 4.11. The molecule has 0 N–H and O–H groups in total. The van der Waals surface area contributed by atoms with Crippen molar-refractivity contribution in [2.75, 3.05) is 19.6 Å². The third-order valence-corrected chi connectivity index (χ3v) is 5.06. The molecule has 8 heteroatoms. The summed E-state index contributed by atoms with van der Waals surface area (Å²) in [5.41, 5.74) is 0.946. The quantitative estimate of drug-likeness (QED) is 0.689. The SMILES string of the molecule is CCc1noc(CN(CC)C(=O)C2CCC(=O)N(CCc3ccccn3)C2)n1. The van der Waals surface area contributed by atoms with Crippen LogP contribution in [0.25, 0.3) is 0 Å². The monoisotopic (exact) mass is 385 g/mol. The molecule has 1 fully saturated rings. The fraction of sp³-hybridized carbons (Fsp3) is 0.550. The zero-order chi connectivity index (χ0) is 19.9. The summed E-state index contributed by atoms with van der Waals surface area (Å²) < 4.78 is 5.22. The van der Waals surface area contributed by atoms with E-state index in [2.05, 4.69) is 15.1 Å². The van der Waals surface area contributed by atoms with E-state index in [9.17, 15) is 9.59 Å². The summed E-state index contributed by atoms with van der Waals surface area (Å²) in [6, 6.07) is 5.76. The molecule has 0 spiro atoms. The molecule has 2 amide bonds. The van der Waals surface area contributed by atoms with E-state index in [4.69, 9.17) is 4.52 Å². The smallest absolute Gasteiger partial charge is 0.246 e. The van der Waals surface area contributed by atoms with Crippen LogP contribution in [0.2, 0.25) is 0 Å². The fourth-order valence-electron chi connectivity index (χ4n) is 3.39. The number of nitrogens with zero attached hydrogens (tertiary/aromatic N) is 5. The lowest BCUT2D eigenvalue weighted by molar-refractivity contribution is -0.143. The first-order valence-corrected chi connectivity index (χ1v) is 9.88. The number of pyridine rings is 1. The standard InChI is InChI=1S/C20H27N5O3/c1-3-17-22-18(28-23-17)14-24(4-2)20(27)15-8-9-19(26)25(13-15)12-10-16-7-5-6-11-21-16/h5-7,11,15H,3-4,8-10,12-14H2,1-2H3. The van der Waals surface area contributed by atoms with Gasteiger partial charge >= 0.3 is 0 Å². The molecule has 3 heterocycles. The lowest BCUT2D eigenvalue weighted by Gasteiger charge is -2.34. The molecule has 0 saturated carbocycles. The van der Waals surface area contributed by atoms with Crippen molar-refractivity contribution in [3.05, 3.63) is 41.8 Å². The first kappa shape index (κ1) is 20.0. The number of piperidine rings is 1. The molecule has 1 aliphatic rings. The van der Waals surface area contributed by atoms with Crippen LogP contribution < -0.4 is 0 Å². The van der Waals surface area contributed by atoms with Crippen LogP contribution in [0.1, 0.15) is 44.1 Å². The minimum atomic E-state index is -0.199. The van der Waals surface area contributed by atoms with Gasteiger partial charge in [0, 0.05) is 50.8 Å². The van der Waals surface area contributed by atoms with Crippen LogP contribution in [0.3, 0.4) is 0 Å². The van der Waals surface area contributed by atoms with Gasteiger partial charge in [-0.2, -0.15) is 4.98 Å². The van der Waals surface area contributed by atoms with Crippen LogP contribution in [-0.2, 0) is 29.0 Å². The Morgan fingerprint density at radius 1 is 1.36 bits per heavy atom. The van der Waals surface area contributed by atoms with Crippen molar-refractivity contribution in [1.29, 1.82) is 0 Å². The average Bonchev–Trinajstić information content (AvgIpc) is 3.19. The van der Waals surface area contributed by atoms with Crippen LogP contribution in [0, 0.1) is 5.92 Å². The molecule has 2 aromatic heterocycles. The van der Waals surface area contributed by atoms with Gasteiger partial charge in [-0.15, -0.1) is 0 Å². The van der Waals surface area contributed by atoms with Gasteiger partial charge in [-0.05, 0) is 25.5 Å². The summed E-state index contributed by atoms with van der Waals surface area (Å²) >= 11 is 0. The highest BCUT2D eigenvalue weighted by molar-refractivity contribution is 5.83. The molecule has 3 rings (SSSR count). The third-order valence-electron chi connectivity index (χ3n) is 5.06. The van der Waals surface area contributed by atoms with Crippen molar-refractivity contribution < 1.29 is 14.1 Å². The lowest BCUT2D eigenvalue weighted by Crippen LogP contribution is -2.47. The summed E-state index contributed by atoms with van der Waals surface area (Å²) in [5, 5.41) is 3.89. The molecule has 0 bridgehead atoms. The molecule has 28 heavy (non-hydrogen) atoms. The Kier molecular flexibility index (Phi) is 6.73. The van der Waals surface area contributed by atoms with Gasteiger partial charge in [-0.1, -0.05) is 18.1 Å². The first-order chi connectivity index (χ1) is 13.6. The second kappa shape index (κ2) is 9.43. The maximum absolute atomic E-state index is 13.0. The Balaban J connectivity index is 1.59. The van der Waals surface area contributed by atoms with Crippen molar-refractivity contribution in [1.82, 2.24) is 24.9 Å². The fourth-order valence-corrected chi connectivity index (χ4v) is 3.39. The molecule has 1 atom stereocenters. The zero-order valence-electron chi connectivity index (χ0n) is 16.5. The number of hydrogen-bond donors (Lipinski definition) is 0. The third kappa shape index (κ3) is 4.94. The van der Waals surface area contributed by atoms with Crippen molar-refractivity contribution in [3.8, 4) is 0 Å². The number of hydrogen-bond acceptors (Lipinski definition) is 6. The minimum absolute atomic E-state index is 0.0362. The molecule has 1 unspecified atom stereocenters. The summed E-state index contributed by atoms with van der Waals surface area (Å²) in [6.45, 7) is 5.78. The second-order valence-corrected chi connectivity index (χ2v) is 6.96. The van der Waals surface area contributed by atoms with Crippen molar-refractivity contribution in [2.45, 2.75) is 46.1 Å². The average molecular weight is 385 g/mol. The highest BCUT2D eigenvalue weighted by atomic mass is 16.5. The van der Waals surface area contributed by atoms with E-state index in [-0.39, 0.29) is 17.7 Å². The van der Waals surface area contributed by atoms with Gasteiger partial charge in [0.05, 0.1) is 12.5 Å². The number of carbonyl (C=O) groups excluding carboxylic acids is 2. The van der Waals surface area contributed by atoms with E-state index in [0.717, 1.165) is 5.69 Å². The van der Waals surface area contributed by atoms with Crippen molar-refractivity contribution in [3.63, 3.8) is 0 Å². The Morgan fingerprint density at radius 2 is 2.21 bits per heavy atom. The van der Waals surface area contributed by atoms with E-state index in [1.165, 1.54) is 0 Å². The van der Waals surface area contributed by atoms with Crippen LogP contribution in [-0.4, -0.2) is 56.4 Å². The van der Waals surface area contributed by atoms with Crippen LogP contribution in [0.15, 0.2) is 28.9 Å². The van der Waals surface area contributed by atoms with E-state index < -0.39 is 0 Å². The second-order valence-electron chi connectivity index (χ2n) is 6.96. The number of likely N-dealkylation sites (tertiary alicyclic amines) is 1. The molecule has 150 valence electrons. The van der Waals surface area contributed by atoms with Crippen LogP contribution in [0.5, 0.6) is 0 Å². The summed E-state index contributed by atoms with van der Waals surface area (Å²) in [7, 11) is 0. The highest BCUT2D eigenvalue weighted by Crippen LogP contribution is 2.21. The molecule has 1 saturated heterocycles. The van der Waals surface area contributed by atoms with E-state index >= 15 is 0 Å². The Bertz CT molecular complexity index is 792. The normalized spacial score (nSPS) is 17.0. The van der Waals surface area contributed by atoms with E-state index in [1.807, 2.05) is 32.0 Å². The van der Waals surface area contributed by atoms with Crippen LogP contribution in [0.4, 0.5) is 0 Å². The van der Waals surface area contributed by atoms with Gasteiger partial charge in [-0.3, -0.25) is 14.6 Å². The molecule has 8 nitrogen and oxygen atoms in total. The molecule has 1 aliphatic heterocycles. The van der Waals surface area contributed by atoms with Crippen molar-refractivity contribution >= 4 is 11.8 Å². The molecule has 2 aromatic rings. The Morgan fingerprint density at radius 3 is 2.89 bits per heavy atom. The molecular weight excluding hydrogens is 358 g/mol. The first-order valence-electron chi connectivity index (χ1n) is 9.88. The number of aromatic nitrogens is 3. The summed E-state index contributed by atoms with van der Waals surface area (Å²) in [4.78, 5) is 37.4. The lowest BCUT2D eigenvalue weighted by atomic mass is 9.95.